The van der Waals surface area contributed by atoms with E-state index in [2.05, 4.69) is 0 Å². The number of rotatable bonds is 0. The van der Waals surface area contributed by atoms with Gasteiger partial charge in [0.05, 0.1) is 0 Å². The second kappa shape index (κ2) is 24.7. The van der Waals surface area contributed by atoms with Crippen molar-refractivity contribution < 1.29 is 63.3 Å². The van der Waals surface area contributed by atoms with Crippen molar-refractivity contribution in [2.45, 2.75) is 0 Å². The van der Waals surface area contributed by atoms with Crippen molar-refractivity contribution in [2.24, 2.45) is 0 Å². The van der Waals surface area contributed by atoms with Crippen LogP contribution < -0.4 is 34.3 Å². The maximum atomic E-state index is 0. The largest absolute Gasteiger partial charge is 2.00 e. The monoisotopic (exact) mass is 302 g/mol. The predicted octanol–water partition coefficient (Wildman–Crippen LogP) is -7.33. The third kappa shape index (κ3) is 18.1. The van der Waals surface area contributed by atoms with Gasteiger partial charge in [0.15, 0.2) is 17.4 Å². The molecule has 0 aromatic heterocycles. The molecule has 5 heavy (non-hydrogen) atoms. The Morgan fingerprint density at radius 2 is 1.20 bits per heavy atom. The van der Waals surface area contributed by atoms with E-state index in [1.165, 1.54) is 0 Å². The zero-order valence-corrected chi connectivity index (χ0v) is 11.5. The summed E-state index contributed by atoms with van der Waals surface area (Å²) in [5.74, 6) is 0. The Bertz CT molecular complexity index is 17.7. The van der Waals surface area contributed by atoms with E-state index in [-0.39, 0.29) is 130 Å². The molecule has 0 nitrogen and oxygen atoms in total. The van der Waals surface area contributed by atoms with Gasteiger partial charge in [0.2, 0.25) is 0 Å². The van der Waals surface area contributed by atoms with Gasteiger partial charge in [0.1, 0.15) is 0 Å². The summed E-state index contributed by atoms with van der Waals surface area (Å²) in [4.78, 5) is 0. The molecule has 0 aliphatic rings. The van der Waals surface area contributed by atoms with Crippen LogP contribution in [0.5, 0.6) is 0 Å². The van der Waals surface area contributed by atoms with Crippen molar-refractivity contribution >= 4 is 66.2 Å². The second-order valence-corrected chi connectivity index (χ2v) is 0. The van der Waals surface area contributed by atoms with Crippen LogP contribution in [0, 0.1) is 0 Å². The average molecular weight is 303 g/mol. The summed E-state index contributed by atoms with van der Waals surface area (Å²) in [6, 6.07) is 0. The van der Waals surface area contributed by atoms with Crippen LogP contribution in [0.15, 0.2) is 0 Å². The topological polar surface area (TPSA) is 0 Å². The van der Waals surface area contributed by atoms with Crippen LogP contribution in [-0.4, -0.2) is 66.2 Å². The first-order valence-corrected chi connectivity index (χ1v) is 0. The van der Waals surface area contributed by atoms with Gasteiger partial charge in [-0.2, -0.15) is 0 Å². The molecule has 0 heterocycles. The zero-order valence-electron chi connectivity index (χ0n) is 4.59. The normalized spacial score (nSPS) is 0. The molecule has 0 N–H and O–H groups in total. The van der Waals surface area contributed by atoms with Crippen LogP contribution in [0.2, 0.25) is 0 Å². The summed E-state index contributed by atoms with van der Waals surface area (Å²) in [6.07, 6.45) is 0. The summed E-state index contributed by atoms with van der Waals surface area (Å²) >= 11 is 0. The van der Waals surface area contributed by atoms with Gasteiger partial charge < -0.3 is 7.56 Å². The fourth-order valence-corrected chi connectivity index (χ4v) is 0. The van der Waals surface area contributed by atoms with Gasteiger partial charge in [-0.25, -0.2) is 0 Å². The third-order valence-electron chi connectivity index (χ3n) is 0. The number of halogens is 1. The van der Waals surface area contributed by atoms with E-state index in [0.29, 0.717) is 0 Å². The van der Waals surface area contributed by atoms with Gasteiger partial charge >= 0.3 is 78.4 Å². The molecule has 0 radical (unpaired) electrons. The molecule has 0 spiro atoms. The van der Waals surface area contributed by atoms with Crippen molar-refractivity contribution in [3.8, 4) is 0 Å². The Hall–Kier alpha value is 3.92. The molecule has 0 bridgehead atoms. The van der Waals surface area contributed by atoms with Crippen LogP contribution in [0.25, 0.3) is 0 Å². The smallest absolute Gasteiger partial charge is 1.00 e. The van der Waals surface area contributed by atoms with E-state index < -0.39 is 0 Å². The van der Waals surface area contributed by atoms with E-state index in [4.69, 9.17) is 0 Å². The molecular weight excluding hydrogens is 298 g/mol. The van der Waals surface area contributed by atoms with Crippen LogP contribution >= 0.6 is 0 Å². The molecule has 0 fully saturated rings. The van der Waals surface area contributed by atoms with Gasteiger partial charge in [-0.1, -0.05) is 0 Å². The first kappa shape index (κ1) is 36.4. The van der Waals surface area contributed by atoms with Gasteiger partial charge in [0, 0.05) is 26.2 Å². The molecule has 0 rings (SSSR count). The molecule has 0 atom stereocenters. The molecule has 22 valence electrons. The van der Waals surface area contributed by atoms with E-state index in [9.17, 15) is 0 Å². The molecular formula is H5AlBaFNaZr. The standard InChI is InChI=1S/Al.Ba.FH.Na.Zr.5H/h;;1H;;;;;;;/q;+2;;+1;;;;;2*-1/p-1. The first-order valence-electron chi connectivity index (χ1n) is 0. The molecule has 0 saturated carbocycles. The average Bonchev–Trinajstić information content (AvgIpc) is 0. The predicted molar refractivity (Wildman–Crippen MR) is 17.9 cm³/mol. The second-order valence-electron chi connectivity index (χ2n) is 0. The Kier molecular flexibility index (Phi) is 180. The Labute approximate surface area is 126 Å². The molecule has 0 aliphatic carbocycles. The number of hydrogen-bond acceptors (Lipinski definition) is 0. The fourth-order valence-electron chi connectivity index (χ4n) is 0. The molecule has 0 amide bonds. The summed E-state index contributed by atoms with van der Waals surface area (Å²) in [5.41, 5.74) is 0. The van der Waals surface area contributed by atoms with Gasteiger partial charge in [-0.3, -0.25) is 0 Å². The number of hydrogen-bond donors (Lipinski definition) is 0. The van der Waals surface area contributed by atoms with E-state index >= 15 is 0 Å². The molecule has 0 aliphatic heterocycles. The Morgan fingerprint density at radius 1 is 1.20 bits per heavy atom. The first-order chi connectivity index (χ1) is 0. The van der Waals surface area contributed by atoms with Crippen LogP contribution in [0.3, 0.4) is 0 Å². The van der Waals surface area contributed by atoms with E-state index in [0.717, 1.165) is 0 Å². The van der Waals surface area contributed by atoms with Crippen LogP contribution in [0.1, 0.15) is 2.85 Å². The van der Waals surface area contributed by atoms with Crippen molar-refractivity contribution in [1.82, 2.24) is 0 Å². The van der Waals surface area contributed by atoms with Crippen LogP contribution in [-0.2, 0) is 26.2 Å². The minimum atomic E-state index is 0. The Morgan fingerprint density at radius 3 is 1.20 bits per heavy atom. The van der Waals surface area contributed by atoms with Crippen molar-refractivity contribution in [3.05, 3.63) is 0 Å². The molecule has 0 saturated heterocycles. The fraction of sp³-hybridized carbons (Fsp3) is 0. The molecule has 0 aromatic carbocycles. The SMILES string of the molecule is [AlH3].[Ba+2].[F-].[H-].[H-].[Na+].[Zr]. The van der Waals surface area contributed by atoms with Crippen molar-refractivity contribution in [1.29, 1.82) is 0 Å². The molecule has 0 aromatic rings. The van der Waals surface area contributed by atoms with E-state index in [1.807, 2.05) is 0 Å². The van der Waals surface area contributed by atoms with Gasteiger partial charge in [-0.15, -0.1) is 0 Å². The zero-order chi connectivity index (χ0) is 0. The molecule has 5 heteroatoms. The van der Waals surface area contributed by atoms with Crippen LogP contribution in [0.4, 0.5) is 0 Å². The minimum Gasteiger partial charge on any atom is -1.00 e. The van der Waals surface area contributed by atoms with Crippen molar-refractivity contribution in [3.63, 3.8) is 0 Å². The third-order valence-corrected chi connectivity index (χ3v) is 0. The quantitative estimate of drug-likeness (QED) is 0.390. The summed E-state index contributed by atoms with van der Waals surface area (Å²) in [7, 11) is 0. The maximum Gasteiger partial charge on any atom is 2.00 e. The summed E-state index contributed by atoms with van der Waals surface area (Å²) in [5, 5.41) is 0. The Balaban J connectivity index is 0. The van der Waals surface area contributed by atoms with Gasteiger partial charge in [-0.05, 0) is 0 Å². The van der Waals surface area contributed by atoms with Crippen molar-refractivity contribution in [2.75, 3.05) is 0 Å². The molecule has 0 unspecified atom stereocenters. The summed E-state index contributed by atoms with van der Waals surface area (Å²) in [6.45, 7) is 0. The minimum absolute atomic E-state index is 0. The maximum absolute atomic E-state index is 0. The summed E-state index contributed by atoms with van der Waals surface area (Å²) < 4.78 is 0. The van der Waals surface area contributed by atoms with E-state index in [1.54, 1.807) is 0 Å². The van der Waals surface area contributed by atoms with Gasteiger partial charge in [0.25, 0.3) is 0 Å².